The van der Waals surface area contributed by atoms with Crippen LogP contribution in [0.15, 0.2) is 95.7 Å². The van der Waals surface area contributed by atoms with Crippen LogP contribution in [0.2, 0.25) is 5.02 Å². The number of nitrogens with zero attached hydrogens (tertiary/aromatic N) is 2. The molecular weight excluding hydrogens is 458 g/mol. The van der Waals surface area contributed by atoms with Crippen molar-refractivity contribution in [2.75, 3.05) is 11.9 Å². The van der Waals surface area contributed by atoms with E-state index >= 15 is 0 Å². The molecule has 0 fully saturated rings. The van der Waals surface area contributed by atoms with Gasteiger partial charge in [0.1, 0.15) is 28.3 Å². The van der Waals surface area contributed by atoms with Crippen molar-refractivity contribution in [3.63, 3.8) is 0 Å². The minimum Gasteiger partial charge on any atom is -0.436 e. The third-order valence-corrected chi connectivity index (χ3v) is 6.20. The Balaban J connectivity index is 1.20. The van der Waals surface area contributed by atoms with Crippen molar-refractivity contribution in [1.82, 2.24) is 9.97 Å². The van der Waals surface area contributed by atoms with E-state index in [9.17, 15) is 4.79 Å². The van der Waals surface area contributed by atoms with Gasteiger partial charge in [-0.15, -0.1) is 0 Å². The molecule has 5 rings (SSSR count). The van der Waals surface area contributed by atoms with Crippen molar-refractivity contribution >= 4 is 34.3 Å². The molecule has 0 unspecified atom stereocenters. The van der Waals surface area contributed by atoms with Crippen molar-refractivity contribution in [2.45, 2.75) is 19.3 Å². The fourth-order valence-electron chi connectivity index (χ4n) is 4.07. The lowest BCUT2D eigenvalue weighted by Gasteiger charge is -2.07. The topological polar surface area (TPSA) is 68.0 Å². The molecule has 0 spiro atoms. The summed E-state index contributed by atoms with van der Waals surface area (Å²) in [7, 11) is 0. The van der Waals surface area contributed by atoms with Crippen LogP contribution in [0, 0.1) is 0 Å². The second-order valence-corrected chi connectivity index (χ2v) is 8.76. The molecule has 1 N–H and O–H groups in total. The quantitative estimate of drug-likeness (QED) is 0.258. The van der Waals surface area contributed by atoms with E-state index in [0.717, 1.165) is 23.1 Å². The highest BCUT2D eigenvalue weighted by atomic mass is 35.5. The summed E-state index contributed by atoms with van der Waals surface area (Å²) in [6.45, 7) is 0.667. The summed E-state index contributed by atoms with van der Waals surface area (Å²) in [6, 6.07) is 27.8. The minimum atomic E-state index is 0.213. The number of furan rings is 1. The van der Waals surface area contributed by atoms with Gasteiger partial charge in [0.2, 0.25) is 5.71 Å². The van der Waals surface area contributed by atoms with Crippen LogP contribution in [0.1, 0.15) is 16.7 Å². The number of hydrogen-bond acceptors (Lipinski definition) is 5. The zero-order chi connectivity index (χ0) is 24.0. The molecular formula is C29H24ClN3O2. The average molecular weight is 482 g/mol. The maximum atomic E-state index is 12.4. The number of hydrogen-bond donors (Lipinski definition) is 1. The minimum absolute atomic E-state index is 0.213. The maximum absolute atomic E-state index is 12.4. The van der Waals surface area contributed by atoms with Gasteiger partial charge in [0.15, 0.2) is 5.76 Å². The summed E-state index contributed by atoms with van der Waals surface area (Å²) >= 11 is 6.66. The van der Waals surface area contributed by atoms with E-state index in [4.69, 9.17) is 16.0 Å². The van der Waals surface area contributed by atoms with E-state index in [1.54, 1.807) is 0 Å². The van der Waals surface area contributed by atoms with Gasteiger partial charge in [-0.05, 0) is 23.1 Å². The third-order valence-electron chi connectivity index (χ3n) is 5.84. The first kappa shape index (κ1) is 22.8. The van der Waals surface area contributed by atoms with Crippen LogP contribution in [-0.4, -0.2) is 22.3 Å². The number of halogens is 1. The van der Waals surface area contributed by atoms with Gasteiger partial charge in [-0.25, -0.2) is 9.97 Å². The predicted octanol–water partition coefficient (Wildman–Crippen LogP) is 6.55. The molecule has 6 heteroatoms. The van der Waals surface area contributed by atoms with Gasteiger partial charge in [0, 0.05) is 24.9 Å². The number of ketones is 1. The normalized spacial score (nSPS) is 11.0. The molecule has 5 aromatic rings. The summed E-state index contributed by atoms with van der Waals surface area (Å²) in [5.41, 5.74) is 4.59. The van der Waals surface area contributed by atoms with E-state index in [0.29, 0.717) is 47.1 Å². The molecule has 0 amide bonds. The smallest absolute Gasteiger partial charge is 0.233 e. The first-order valence-corrected chi connectivity index (χ1v) is 11.9. The summed E-state index contributed by atoms with van der Waals surface area (Å²) < 4.78 is 5.92. The maximum Gasteiger partial charge on any atom is 0.233 e. The lowest BCUT2D eigenvalue weighted by Crippen LogP contribution is -2.08. The van der Waals surface area contributed by atoms with E-state index in [-0.39, 0.29) is 5.78 Å². The number of nitrogens with one attached hydrogen (secondary N) is 1. The molecule has 0 saturated heterocycles. The van der Waals surface area contributed by atoms with Crippen molar-refractivity contribution < 1.29 is 9.21 Å². The predicted molar refractivity (Wildman–Crippen MR) is 140 cm³/mol. The number of fused-ring (bicyclic) bond motifs is 1. The van der Waals surface area contributed by atoms with Gasteiger partial charge in [-0.1, -0.05) is 96.5 Å². The molecule has 0 bridgehead atoms. The van der Waals surface area contributed by atoms with Crippen LogP contribution in [-0.2, 0) is 24.1 Å². The second-order valence-electron chi connectivity index (χ2n) is 8.38. The molecule has 0 atom stereocenters. The SMILES string of the molecule is O=C(Cc1ccccc1)Cc1ccc(CCNc2ncnc3oc(-c4ccccc4)c(Cl)c23)cc1. The molecule has 0 aliphatic heterocycles. The van der Waals surface area contributed by atoms with Crippen LogP contribution in [0.25, 0.3) is 22.4 Å². The highest BCUT2D eigenvalue weighted by molar-refractivity contribution is 6.38. The van der Waals surface area contributed by atoms with Gasteiger partial charge < -0.3 is 9.73 Å². The first-order chi connectivity index (χ1) is 17.2. The molecule has 5 nitrogen and oxygen atoms in total. The lowest BCUT2D eigenvalue weighted by atomic mass is 10.0. The zero-order valence-electron chi connectivity index (χ0n) is 19.1. The number of carbonyl (C=O) groups excluding carboxylic acids is 1. The Labute approximate surface area is 208 Å². The van der Waals surface area contributed by atoms with Crippen molar-refractivity contribution in [3.05, 3.63) is 113 Å². The van der Waals surface area contributed by atoms with Crippen LogP contribution in [0.3, 0.4) is 0 Å². The van der Waals surface area contributed by atoms with Crippen molar-refractivity contribution in [3.8, 4) is 11.3 Å². The molecule has 35 heavy (non-hydrogen) atoms. The fraction of sp³-hybridized carbons (Fsp3) is 0.138. The second kappa shape index (κ2) is 10.5. The molecule has 2 heterocycles. The molecule has 3 aromatic carbocycles. The van der Waals surface area contributed by atoms with Crippen LogP contribution in [0.4, 0.5) is 5.82 Å². The number of anilines is 1. The standard InChI is InChI=1S/C29H24ClN3O2/c30-26-25-28(32-19-33-29(25)35-27(26)23-9-5-2-6-10-23)31-16-15-20-11-13-22(14-12-20)18-24(34)17-21-7-3-1-4-8-21/h1-14,19H,15-18H2,(H,31,32,33). The lowest BCUT2D eigenvalue weighted by molar-refractivity contribution is -0.117. The third kappa shape index (κ3) is 5.42. The number of carbonyl (C=O) groups is 1. The molecule has 0 aliphatic rings. The summed E-state index contributed by atoms with van der Waals surface area (Å²) in [6.07, 6.45) is 3.17. The highest BCUT2D eigenvalue weighted by Gasteiger charge is 2.19. The Hall–Kier alpha value is -3.96. The number of rotatable bonds is 9. The molecule has 0 aliphatic carbocycles. The van der Waals surface area contributed by atoms with Crippen LogP contribution < -0.4 is 5.32 Å². The monoisotopic (exact) mass is 481 g/mol. The Bertz CT molecular complexity index is 1430. The highest BCUT2D eigenvalue weighted by Crippen LogP contribution is 2.39. The summed E-state index contributed by atoms with van der Waals surface area (Å²) in [5.74, 6) is 1.45. The van der Waals surface area contributed by atoms with Gasteiger partial charge in [0.05, 0.1) is 0 Å². The van der Waals surface area contributed by atoms with Gasteiger partial charge in [-0.2, -0.15) is 0 Å². The zero-order valence-corrected chi connectivity index (χ0v) is 19.8. The number of benzene rings is 3. The van der Waals surface area contributed by atoms with E-state index in [2.05, 4.69) is 27.4 Å². The van der Waals surface area contributed by atoms with Gasteiger partial charge in [-0.3, -0.25) is 4.79 Å². The molecule has 2 aromatic heterocycles. The Morgan fingerprint density at radius 1 is 0.800 bits per heavy atom. The van der Waals surface area contributed by atoms with E-state index in [1.807, 2.05) is 72.8 Å². The number of Topliss-reactive ketones (excluding diaryl/α,β-unsaturated/α-hetero) is 1. The largest absolute Gasteiger partial charge is 0.436 e. The van der Waals surface area contributed by atoms with Gasteiger partial charge in [0.25, 0.3) is 0 Å². The van der Waals surface area contributed by atoms with E-state index < -0.39 is 0 Å². The average Bonchev–Trinajstić information content (AvgIpc) is 3.23. The van der Waals surface area contributed by atoms with Crippen molar-refractivity contribution in [2.24, 2.45) is 0 Å². The van der Waals surface area contributed by atoms with Crippen LogP contribution >= 0.6 is 11.6 Å². The summed E-state index contributed by atoms with van der Waals surface area (Å²) in [4.78, 5) is 21.0. The Morgan fingerprint density at radius 3 is 2.14 bits per heavy atom. The van der Waals surface area contributed by atoms with Crippen LogP contribution in [0.5, 0.6) is 0 Å². The molecule has 0 saturated carbocycles. The fourth-order valence-corrected chi connectivity index (χ4v) is 4.39. The van der Waals surface area contributed by atoms with E-state index in [1.165, 1.54) is 11.9 Å². The Morgan fingerprint density at radius 2 is 1.43 bits per heavy atom. The Kier molecular flexibility index (Phi) is 6.87. The van der Waals surface area contributed by atoms with Crippen molar-refractivity contribution in [1.29, 1.82) is 0 Å². The van der Waals surface area contributed by atoms with Gasteiger partial charge >= 0.3 is 0 Å². The summed E-state index contributed by atoms with van der Waals surface area (Å²) in [5, 5.41) is 4.55. The number of aromatic nitrogens is 2. The molecule has 0 radical (unpaired) electrons. The first-order valence-electron chi connectivity index (χ1n) is 11.5. The molecule has 174 valence electrons.